The molecule has 0 bridgehead atoms. The van der Waals surface area contributed by atoms with Crippen LogP contribution in [0.1, 0.15) is 79.1 Å². The van der Waals surface area contributed by atoms with E-state index in [1.807, 2.05) is 0 Å². The number of hydrogen-bond donors (Lipinski definition) is 4. The van der Waals surface area contributed by atoms with E-state index in [4.69, 9.17) is 9.79 Å². The summed E-state index contributed by atoms with van der Waals surface area (Å²) < 4.78 is 0. The summed E-state index contributed by atoms with van der Waals surface area (Å²) in [6.07, 6.45) is 10.9. The number of nitrogens with one attached hydrogen (secondary N) is 1. The van der Waals surface area contributed by atoms with Crippen LogP contribution in [0.5, 0.6) is 0 Å². The molecule has 0 amide bonds. The molecule has 2 atom stereocenters. The van der Waals surface area contributed by atoms with Gasteiger partial charge in [-0.25, -0.2) is 0 Å². The van der Waals surface area contributed by atoms with Gasteiger partial charge in [-0.15, -0.1) is 0 Å². The van der Waals surface area contributed by atoms with Gasteiger partial charge in [0.25, 0.3) is 0 Å². The van der Waals surface area contributed by atoms with E-state index in [1.54, 1.807) is 0 Å². The smallest absolute Gasteiger partial charge is 0.239 e. The predicted octanol–water partition coefficient (Wildman–Crippen LogP) is 5.13. The van der Waals surface area contributed by atoms with Gasteiger partial charge in [0.1, 0.15) is 0 Å². The maximum absolute atomic E-state index is 7.87. The Kier molecular flexibility index (Phi) is 19.1. The Hall–Kier alpha value is 0.880. The second kappa shape index (κ2) is 16.7. The monoisotopic (exact) mass is 371 g/mol. The van der Waals surface area contributed by atoms with Crippen LogP contribution in [-0.4, -0.2) is 22.9 Å². The highest BCUT2D eigenvalue weighted by atomic mass is 32.9. The molecular formula is C16H38NO2PS2. The summed E-state index contributed by atoms with van der Waals surface area (Å²) in [5, 5.41) is 3.71. The van der Waals surface area contributed by atoms with Crippen molar-refractivity contribution in [2.75, 3.05) is 13.1 Å². The predicted molar refractivity (Wildman–Crippen MR) is 107 cm³/mol. The summed E-state index contributed by atoms with van der Waals surface area (Å²) in [4.78, 5) is 15.7. The summed E-state index contributed by atoms with van der Waals surface area (Å²) in [5.41, 5.74) is -3.11. The van der Waals surface area contributed by atoms with Gasteiger partial charge in [0, 0.05) is 0 Å². The highest BCUT2D eigenvalue weighted by Gasteiger charge is 2.08. The SMILES string of the molecule is CCCCC(CC)CNCC(CC)CCCC.OP(O)(=S)S. The van der Waals surface area contributed by atoms with Gasteiger partial charge in [-0.2, -0.15) is 0 Å². The molecule has 0 rings (SSSR count). The molecule has 0 radical (unpaired) electrons. The minimum absolute atomic E-state index is 0.902. The van der Waals surface area contributed by atoms with Gasteiger partial charge in [-0.1, -0.05) is 78.5 Å². The number of rotatable bonds is 12. The molecule has 0 heterocycles. The number of thiol groups is 1. The molecule has 22 heavy (non-hydrogen) atoms. The van der Waals surface area contributed by atoms with Crippen molar-refractivity contribution in [3.8, 4) is 0 Å². The van der Waals surface area contributed by atoms with Crippen molar-refractivity contribution in [3.63, 3.8) is 0 Å². The van der Waals surface area contributed by atoms with Crippen LogP contribution in [0.15, 0.2) is 0 Å². The highest BCUT2D eigenvalue weighted by molar-refractivity contribution is 8.59. The summed E-state index contributed by atoms with van der Waals surface area (Å²) in [5.74, 6) is 1.80. The zero-order valence-electron chi connectivity index (χ0n) is 14.9. The molecule has 3 nitrogen and oxygen atoms in total. The van der Waals surface area contributed by atoms with Crippen molar-refractivity contribution >= 4 is 29.7 Å². The van der Waals surface area contributed by atoms with E-state index in [9.17, 15) is 0 Å². The minimum Gasteiger partial charge on any atom is -0.338 e. The lowest BCUT2D eigenvalue weighted by atomic mass is 9.97. The molecule has 136 valence electrons. The Morgan fingerprint density at radius 2 is 1.23 bits per heavy atom. The van der Waals surface area contributed by atoms with E-state index in [1.165, 1.54) is 64.5 Å². The molecule has 0 fully saturated rings. The van der Waals surface area contributed by atoms with Crippen molar-refractivity contribution in [1.29, 1.82) is 0 Å². The molecule has 0 aliphatic heterocycles. The second-order valence-corrected chi connectivity index (χ2v) is 11.0. The molecule has 0 spiro atoms. The summed E-state index contributed by atoms with van der Waals surface area (Å²) in [6.45, 7) is 11.7. The van der Waals surface area contributed by atoms with Crippen molar-refractivity contribution < 1.29 is 9.79 Å². The summed E-state index contributed by atoms with van der Waals surface area (Å²) in [6, 6.07) is 0. The lowest BCUT2D eigenvalue weighted by molar-refractivity contribution is 0.372. The van der Waals surface area contributed by atoms with E-state index in [0.717, 1.165) is 11.8 Å². The Morgan fingerprint density at radius 3 is 1.45 bits per heavy atom. The van der Waals surface area contributed by atoms with Gasteiger partial charge < -0.3 is 15.1 Å². The van der Waals surface area contributed by atoms with Gasteiger partial charge in [0.15, 0.2) is 0 Å². The zero-order chi connectivity index (χ0) is 17.4. The molecule has 0 aliphatic rings. The first-order valence-corrected chi connectivity index (χ1v) is 12.6. The third-order valence-electron chi connectivity index (χ3n) is 3.95. The average Bonchev–Trinajstić information content (AvgIpc) is 2.44. The fourth-order valence-corrected chi connectivity index (χ4v) is 2.38. The molecule has 0 aromatic rings. The molecule has 0 aromatic heterocycles. The number of hydrogen-bond acceptors (Lipinski definition) is 2. The first kappa shape index (κ1) is 25.1. The molecular weight excluding hydrogens is 333 g/mol. The van der Waals surface area contributed by atoms with Crippen LogP contribution in [0.25, 0.3) is 0 Å². The van der Waals surface area contributed by atoms with E-state index in [-0.39, 0.29) is 0 Å². The van der Waals surface area contributed by atoms with Crippen LogP contribution >= 0.6 is 17.9 Å². The molecule has 2 unspecified atom stereocenters. The van der Waals surface area contributed by atoms with Crippen LogP contribution in [0.4, 0.5) is 0 Å². The molecule has 6 heteroatoms. The van der Waals surface area contributed by atoms with Crippen molar-refractivity contribution in [1.82, 2.24) is 5.32 Å². The molecule has 0 saturated heterocycles. The van der Waals surface area contributed by atoms with E-state index in [2.05, 4.69) is 57.1 Å². The van der Waals surface area contributed by atoms with Gasteiger partial charge in [0.05, 0.1) is 0 Å². The molecule has 0 aliphatic carbocycles. The van der Waals surface area contributed by atoms with Gasteiger partial charge in [0.2, 0.25) is 5.69 Å². The molecule has 3 N–H and O–H groups in total. The van der Waals surface area contributed by atoms with Crippen LogP contribution < -0.4 is 5.32 Å². The fourth-order valence-electron chi connectivity index (χ4n) is 2.38. The fraction of sp³-hybridized carbons (Fsp3) is 1.00. The normalized spacial score (nSPS) is 14.1. The largest absolute Gasteiger partial charge is 0.338 e. The van der Waals surface area contributed by atoms with Gasteiger partial charge in [-0.3, -0.25) is 0 Å². The zero-order valence-corrected chi connectivity index (χ0v) is 17.5. The average molecular weight is 372 g/mol. The van der Waals surface area contributed by atoms with Crippen molar-refractivity contribution in [3.05, 3.63) is 0 Å². The summed E-state index contributed by atoms with van der Waals surface area (Å²) >= 11 is 7.07. The first-order valence-electron chi connectivity index (χ1n) is 8.77. The number of unbranched alkanes of at least 4 members (excludes halogenated alkanes) is 2. The lowest BCUT2D eigenvalue weighted by Crippen LogP contribution is -2.28. The molecule has 0 aromatic carbocycles. The Bertz CT molecular complexity index is 251. The minimum atomic E-state index is -3.11. The summed E-state index contributed by atoms with van der Waals surface area (Å²) in [7, 11) is 0. The standard InChI is InChI=1S/C16H35N.H3O2PS2/c1-5-9-11-15(7-3)13-17-14-16(8-4)12-10-6-2;1-3(2,4)5/h15-17H,5-14H2,1-4H3;(H3,1,2,4,5). The van der Waals surface area contributed by atoms with Crippen molar-refractivity contribution in [2.45, 2.75) is 79.1 Å². The van der Waals surface area contributed by atoms with Gasteiger partial charge >= 0.3 is 0 Å². The van der Waals surface area contributed by atoms with Crippen LogP contribution in [0.3, 0.4) is 0 Å². The first-order chi connectivity index (χ1) is 10.3. The van der Waals surface area contributed by atoms with E-state index < -0.39 is 5.69 Å². The second-order valence-electron chi connectivity index (χ2n) is 6.00. The lowest BCUT2D eigenvalue weighted by Gasteiger charge is -2.19. The Labute approximate surface area is 149 Å². The quantitative estimate of drug-likeness (QED) is 0.284. The topological polar surface area (TPSA) is 52.5 Å². The highest BCUT2D eigenvalue weighted by Crippen LogP contribution is 2.39. The van der Waals surface area contributed by atoms with Crippen LogP contribution in [0.2, 0.25) is 0 Å². The maximum Gasteiger partial charge on any atom is 0.239 e. The Balaban J connectivity index is 0. The Morgan fingerprint density at radius 1 is 0.909 bits per heavy atom. The molecule has 0 saturated carbocycles. The van der Waals surface area contributed by atoms with E-state index >= 15 is 0 Å². The third-order valence-corrected chi connectivity index (χ3v) is 3.95. The van der Waals surface area contributed by atoms with Crippen molar-refractivity contribution in [2.24, 2.45) is 11.8 Å². The van der Waals surface area contributed by atoms with Crippen LogP contribution in [-0.2, 0) is 11.8 Å². The third kappa shape index (κ3) is 23.2. The maximum atomic E-state index is 7.87. The van der Waals surface area contributed by atoms with E-state index in [0.29, 0.717) is 0 Å². The van der Waals surface area contributed by atoms with Gasteiger partial charge in [-0.05, 0) is 49.6 Å². The van der Waals surface area contributed by atoms with Crippen LogP contribution in [0, 0.1) is 11.8 Å².